The van der Waals surface area contributed by atoms with Crippen molar-refractivity contribution in [1.82, 2.24) is 14.8 Å². The van der Waals surface area contributed by atoms with Crippen LogP contribution in [0.2, 0.25) is 0 Å². The topological polar surface area (TPSA) is 39.9 Å². The van der Waals surface area contributed by atoms with Gasteiger partial charge in [0.05, 0.1) is 24.5 Å². The first-order valence-electron chi connectivity index (χ1n) is 7.36. The van der Waals surface area contributed by atoms with Crippen molar-refractivity contribution < 1.29 is 4.74 Å². The van der Waals surface area contributed by atoms with Crippen LogP contribution < -0.4 is 4.74 Å². The number of rotatable bonds is 2. The highest BCUT2D eigenvalue weighted by molar-refractivity contribution is 5.88. The van der Waals surface area contributed by atoms with Crippen molar-refractivity contribution in [3.63, 3.8) is 0 Å². The number of benzene rings is 1. The minimum atomic E-state index is 0.845. The zero-order chi connectivity index (χ0) is 14.2. The highest BCUT2D eigenvalue weighted by Crippen LogP contribution is 2.28. The van der Waals surface area contributed by atoms with E-state index in [1.54, 1.807) is 7.11 Å². The maximum Gasteiger partial charge on any atom is 0.119 e. The SMILES string of the molecule is COc1ccc2nccc(-n3ncc4c3CCCC4)c2c1. The molecule has 3 aromatic rings. The number of ether oxygens (including phenoxy) is 1. The monoisotopic (exact) mass is 279 g/mol. The Bertz CT molecular complexity index is 807. The van der Waals surface area contributed by atoms with Crippen LogP contribution in [-0.2, 0) is 12.8 Å². The number of fused-ring (bicyclic) bond motifs is 2. The number of hydrogen-bond acceptors (Lipinski definition) is 3. The molecule has 4 nitrogen and oxygen atoms in total. The summed E-state index contributed by atoms with van der Waals surface area (Å²) in [4.78, 5) is 4.44. The van der Waals surface area contributed by atoms with Crippen LogP contribution in [0.5, 0.6) is 5.75 Å². The van der Waals surface area contributed by atoms with Gasteiger partial charge >= 0.3 is 0 Å². The lowest BCUT2D eigenvalue weighted by Gasteiger charge is -2.15. The number of nitrogens with zero attached hydrogens (tertiary/aromatic N) is 3. The fourth-order valence-electron chi connectivity index (χ4n) is 3.12. The zero-order valence-electron chi connectivity index (χ0n) is 12.0. The summed E-state index contributed by atoms with van der Waals surface area (Å²) in [5.74, 6) is 0.845. The molecule has 0 bridgehead atoms. The Hall–Kier alpha value is -2.36. The number of aryl methyl sites for hydroxylation is 1. The Balaban J connectivity index is 1.95. The van der Waals surface area contributed by atoms with E-state index in [1.165, 1.54) is 24.1 Å². The van der Waals surface area contributed by atoms with Crippen LogP contribution in [0, 0.1) is 0 Å². The first-order valence-corrected chi connectivity index (χ1v) is 7.36. The summed E-state index contributed by atoms with van der Waals surface area (Å²) in [6, 6.07) is 8.00. The molecule has 0 N–H and O–H groups in total. The van der Waals surface area contributed by atoms with Crippen molar-refractivity contribution in [1.29, 1.82) is 0 Å². The van der Waals surface area contributed by atoms with E-state index in [4.69, 9.17) is 4.74 Å². The molecule has 0 unspecified atom stereocenters. The molecule has 4 heteroatoms. The number of methoxy groups -OCH3 is 1. The summed E-state index contributed by atoms with van der Waals surface area (Å²) in [7, 11) is 1.69. The van der Waals surface area contributed by atoms with Crippen molar-refractivity contribution in [2.75, 3.05) is 7.11 Å². The molecule has 2 heterocycles. The second kappa shape index (κ2) is 4.88. The van der Waals surface area contributed by atoms with Crippen LogP contribution in [0.3, 0.4) is 0 Å². The van der Waals surface area contributed by atoms with Gasteiger partial charge in [0, 0.05) is 17.3 Å². The fourth-order valence-corrected chi connectivity index (χ4v) is 3.12. The van der Waals surface area contributed by atoms with Crippen LogP contribution in [0.25, 0.3) is 16.6 Å². The van der Waals surface area contributed by atoms with Crippen LogP contribution in [0.1, 0.15) is 24.1 Å². The first kappa shape index (κ1) is 12.4. The molecular weight excluding hydrogens is 262 g/mol. The molecule has 21 heavy (non-hydrogen) atoms. The van der Waals surface area contributed by atoms with Crippen molar-refractivity contribution in [2.24, 2.45) is 0 Å². The Kier molecular flexibility index (Phi) is 2.88. The number of pyridine rings is 1. The molecule has 0 saturated carbocycles. The molecule has 4 rings (SSSR count). The molecule has 0 spiro atoms. The highest BCUT2D eigenvalue weighted by atomic mass is 16.5. The van der Waals surface area contributed by atoms with Gasteiger partial charge in [-0.05, 0) is 55.5 Å². The van der Waals surface area contributed by atoms with E-state index in [0.29, 0.717) is 0 Å². The molecule has 0 radical (unpaired) electrons. The molecule has 0 atom stereocenters. The molecule has 1 aliphatic carbocycles. The average Bonchev–Trinajstić information content (AvgIpc) is 2.97. The van der Waals surface area contributed by atoms with Gasteiger partial charge in [-0.2, -0.15) is 5.10 Å². The third-order valence-corrected chi connectivity index (χ3v) is 4.22. The predicted molar refractivity (Wildman–Crippen MR) is 82.1 cm³/mol. The van der Waals surface area contributed by atoms with Gasteiger partial charge in [-0.1, -0.05) is 0 Å². The Morgan fingerprint density at radius 3 is 2.95 bits per heavy atom. The molecule has 2 aromatic heterocycles. The second-order valence-corrected chi connectivity index (χ2v) is 5.45. The molecule has 1 aliphatic rings. The van der Waals surface area contributed by atoms with Gasteiger partial charge in [-0.25, -0.2) is 4.68 Å². The molecule has 1 aromatic carbocycles. The minimum Gasteiger partial charge on any atom is -0.497 e. The Morgan fingerprint density at radius 2 is 2.05 bits per heavy atom. The van der Waals surface area contributed by atoms with Crippen molar-refractivity contribution in [3.05, 3.63) is 47.9 Å². The molecule has 0 aliphatic heterocycles. The van der Waals surface area contributed by atoms with Crippen LogP contribution in [0.15, 0.2) is 36.7 Å². The van der Waals surface area contributed by atoms with Gasteiger partial charge in [0.2, 0.25) is 0 Å². The zero-order valence-corrected chi connectivity index (χ0v) is 12.0. The van der Waals surface area contributed by atoms with E-state index in [-0.39, 0.29) is 0 Å². The van der Waals surface area contributed by atoms with Crippen LogP contribution >= 0.6 is 0 Å². The second-order valence-electron chi connectivity index (χ2n) is 5.45. The first-order chi connectivity index (χ1) is 10.4. The third kappa shape index (κ3) is 1.98. The largest absolute Gasteiger partial charge is 0.497 e. The summed E-state index contributed by atoms with van der Waals surface area (Å²) in [6.07, 6.45) is 8.61. The van der Waals surface area contributed by atoms with Gasteiger partial charge in [-0.3, -0.25) is 4.98 Å². The fraction of sp³-hybridized carbons (Fsp3) is 0.294. The summed E-state index contributed by atoms with van der Waals surface area (Å²) in [6.45, 7) is 0. The third-order valence-electron chi connectivity index (χ3n) is 4.22. The van der Waals surface area contributed by atoms with Crippen molar-refractivity contribution in [2.45, 2.75) is 25.7 Å². The normalized spacial score (nSPS) is 14.1. The van der Waals surface area contributed by atoms with Gasteiger partial charge < -0.3 is 4.74 Å². The highest BCUT2D eigenvalue weighted by Gasteiger charge is 2.17. The lowest BCUT2D eigenvalue weighted by atomic mass is 9.98. The summed E-state index contributed by atoms with van der Waals surface area (Å²) in [5.41, 5.74) is 4.78. The summed E-state index contributed by atoms with van der Waals surface area (Å²) < 4.78 is 7.43. The maximum atomic E-state index is 5.35. The van der Waals surface area contributed by atoms with E-state index in [0.717, 1.165) is 35.2 Å². The predicted octanol–water partition coefficient (Wildman–Crippen LogP) is 3.31. The lowest BCUT2D eigenvalue weighted by molar-refractivity contribution is 0.415. The standard InChI is InChI=1S/C17H17N3O/c1-21-13-6-7-15-14(10-13)17(8-9-18-15)20-16-5-3-2-4-12(16)11-19-20/h6-11H,2-5H2,1H3. The van der Waals surface area contributed by atoms with Gasteiger partial charge in [0.25, 0.3) is 0 Å². The molecular formula is C17H17N3O. The van der Waals surface area contributed by atoms with Gasteiger partial charge in [0.1, 0.15) is 5.75 Å². The molecule has 0 saturated heterocycles. The quantitative estimate of drug-likeness (QED) is 0.722. The average molecular weight is 279 g/mol. The van der Waals surface area contributed by atoms with E-state index < -0.39 is 0 Å². The molecule has 0 amide bonds. The molecule has 106 valence electrons. The van der Waals surface area contributed by atoms with E-state index in [2.05, 4.69) is 14.8 Å². The van der Waals surface area contributed by atoms with E-state index in [9.17, 15) is 0 Å². The van der Waals surface area contributed by atoms with Crippen molar-refractivity contribution >= 4 is 10.9 Å². The van der Waals surface area contributed by atoms with Crippen LogP contribution in [-0.4, -0.2) is 21.9 Å². The number of hydrogen-bond donors (Lipinski definition) is 0. The summed E-state index contributed by atoms with van der Waals surface area (Å²) >= 11 is 0. The van der Waals surface area contributed by atoms with Gasteiger partial charge in [0.15, 0.2) is 0 Å². The Morgan fingerprint density at radius 1 is 1.14 bits per heavy atom. The van der Waals surface area contributed by atoms with E-state index >= 15 is 0 Å². The van der Waals surface area contributed by atoms with Crippen LogP contribution in [0.4, 0.5) is 0 Å². The van der Waals surface area contributed by atoms with Gasteiger partial charge in [-0.15, -0.1) is 0 Å². The summed E-state index contributed by atoms with van der Waals surface area (Å²) in [5, 5.41) is 5.70. The number of aromatic nitrogens is 3. The van der Waals surface area contributed by atoms with E-state index in [1.807, 2.05) is 36.7 Å². The Labute approximate surface area is 123 Å². The smallest absolute Gasteiger partial charge is 0.119 e. The lowest BCUT2D eigenvalue weighted by Crippen LogP contribution is -2.08. The molecule has 0 fully saturated rings. The maximum absolute atomic E-state index is 5.35. The van der Waals surface area contributed by atoms with Crippen molar-refractivity contribution in [3.8, 4) is 11.4 Å². The minimum absolute atomic E-state index is 0.845.